The van der Waals surface area contributed by atoms with E-state index in [0.29, 0.717) is 17.2 Å². The monoisotopic (exact) mass is 408 g/mol. The third-order valence-electron chi connectivity index (χ3n) is 4.21. The SMILES string of the molecule is CCS(=O)(=O)N1C[C@H](C(=O)NCCOc2ccc(F)cc2)Oc2ccccc21. The van der Waals surface area contributed by atoms with Gasteiger partial charge < -0.3 is 14.8 Å². The number of rotatable bonds is 7. The number of carbonyl (C=O) groups is 1. The highest BCUT2D eigenvalue weighted by atomic mass is 32.2. The number of halogens is 1. The first-order chi connectivity index (χ1) is 13.4. The minimum absolute atomic E-state index is 0.0822. The summed E-state index contributed by atoms with van der Waals surface area (Å²) in [7, 11) is -3.55. The number of anilines is 1. The molecule has 1 atom stereocenters. The Morgan fingerprint density at radius 1 is 1.25 bits per heavy atom. The maximum Gasteiger partial charge on any atom is 0.263 e. The van der Waals surface area contributed by atoms with Gasteiger partial charge in [0.05, 0.1) is 24.5 Å². The van der Waals surface area contributed by atoms with Crippen LogP contribution < -0.4 is 19.1 Å². The molecule has 1 N–H and O–H groups in total. The fourth-order valence-electron chi connectivity index (χ4n) is 2.75. The van der Waals surface area contributed by atoms with Crippen molar-refractivity contribution in [1.29, 1.82) is 0 Å². The lowest BCUT2D eigenvalue weighted by Crippen LogP contribution is -2.51. The van der Waals surface area contributed by atoms with Crippen molar-refractivity contribution in [3.05, 3.63) is 54.3 Å². The molecule has 1 heterocycles. The number of hydrogen-bond acceptors (Lipinski definition) is 5. The molecule has 0 fully saturated rings. The molecule has 1 amide bonds. The highest BCUT2D eigenvalue weighted by Gasteiger charge is 2.35. The molecule has 0 aliphatic carbocycles. The van der Waals surface area contributed by atoms with E-state index in [1.54, 1.807) is 31.2 Å². The number of hydrogen-bond donors (Lipinski definition) is 1. The van der Waals surface area contributed by atoms with E-state index in [2.05, 4.69) is 5.32 Å². The van der Waals surface area contributed by atoms with Crippen molar-refractivity contribution in [3.63, 3.8) is 0 Å². The minimum atomic E-state index is -3.55. The third kappa shape index (κ3) is 4.53. The number of sulfonamides is 1. The van der Waals surface area contributed by atoms with Crippen molar-refractivity contribution >= 4 is 21.6 Å². The molecule has 7 nitrogen and oxygen atoms in total. The number of fused-ring (bicyclic) bond motifs is 1. The van der Waals surface area contributed by atoms with E-state index in [4.69, 9.17) is 9.47 Å². The number of ether oxygens (including phenoxy) is 2. The van der Waals surface area contributed by atoms with Crippen molar-refractivity contribution in [3.8, 4) is 11.5 Å². The molecule has 9 heteroatoms. The second-order valence-electron chi connectivity index (χ2n) is 6.10. The van der Waals surface area contributed by atoms with E-state index in [1.807, 2.05) is 0 Å². The largest absolute Gasteiger partial charge is 0.492 e. The molecule has 2 aromatic rings. The average molecular weight is 408 g/mol. The number of nitrogens with one attached hydrogen (secondary N) is 1. The number of amides is 1. The topological polar surface area (TPSA) is 84.9 Å². The molecule has 150 valence electrons. The quantitative estimate of drug-likeness (QED) is 0.708. The Kier molecular flexibility index (Phi) is 6.03. The van der Waals surface area contributed by atoms with Gasteiger partial charge in [0, 0.05) is 0 Å². The predicted octanol–water partition coefficient (Wildman–Crippen LogP) is 1.94. The van der Waals surface area contributed by atoms with Crippen LogP contribution >= 0.6 is 0 Å². The standard InChI is InChI=1S/C19H21FN2O5S/c1-2-28(24,25)22-13-18(27-17-6-4-3-5-16(17)22)19(23)21-11-12-26-15-9-7-14(20)8-10-15/h3-10,18H,2,11-13H2,1H3,(H,21,23)/t18-/m1/s1. The summed E-state index contributed by atoms with van der Waals surface area (Å²) in [5, 5.41) is 2.67. The molecular formula is C19H21FN2O5S. The second kappa shape index (κ2) is 8.47. The van der Waals surface area contributed by atoms with Crippen LogP contribution in [0.3, 0.4) is 0 Å². The van der Waals surface area contributed by atoms with Gasteiger partial charge in [0.2, 0.25) is 10.0 Å². The number of para-hydroxylation sites is 2. The first kappa shape index (κ1) is 19.9. The van der Waals surface area contributed by atoms with Gasteiger partial charge in [-0.15, -0.1) is 0 Å². The van der Waals surface area contributed by atoms with Crippen LogP contribution in [0, 0.1) is 5.82 Å². The van der Waals surface area contributed by atoms with Gasteiger partial charge in [0.1, 0.15) is 23.9 Å². The Balaban J connectivity index is 1.60. The molecule has 1 aliphatic heterocycles. The predicted molar refractivity (Wildman–Crippen MR) is 103 cm³/mol. The number of benzene rings is 2. The molecule has 0 spiro atoms. The van der Waals surface area contributed by atoms with Crippen LogP contribution in [0.5, 0.6) is 11.5 Å². The second-order valence-corrected chi connectivity index (χ2v) is 8.28. The minimum Gasteiger partial charge on any atom is -0.492 e. The maximum atomic E-state index is 12.9. The molecule has 0 saturated carbocycles. The summed E-state index contributed by atoms with van der Waals surface area (Å²) in [4.78, 5) is 12.5. The van der Waals surface area contributed by atoms with Crippen LogP contribution in [0.1, 0.15) is 6.92 Å². The molecule has 0 radical (unpaired) electrons. The van der Waals surface area contributed by atoms with E-state index in [0.717, 1.165) is 0 Å². The molecule has 3 rings (SSSR count). The van der Waals surface area contributed by atoms with Crippen LogP contribution in [0.25, 0.3) is 0 Å². The molecule has 0 unspecified atom stereocenters. The molecular weight excluding hydrogens is 387 g/mol. The molecule has 0 bridgehead atoms. The van der Waals surface area contributed by atoms with Gasteiger partial charge in [0.25, 0.3) is 5.91 Å². The Labute approximate surface area is 163 Å². The van der Waals surface area contributed by atoms with E-state index in [9.17, 15) is 17.6 Å². The van der Waals surface area contributed by atoms with Gasteiger partial charge in [-0.3, -0.25) is 9.10 Å². The van der Waals surface area contributed by atoms with E-state index >= 15 is 0 Å². The van der Waals surface area contributed by atoms with Gasteiger partial charge in [-0.1, -0.05) is 12.1 Å². The molecule has 0 saturated heterocycles. The van der Waals surface area contributed by atoms with Crippen molar-refractivity contribution in [2.45, 2.75) is 13.0 Å². The number of carbonyl (C=O) groups excluding carboxylic acids is 1. The average Bonchev–Trinajstić information content (AvgIpc) is 2.71. The normalized spacial score (nSPS) is 16.1. The summed E-state index contributed by atoms with van der Waals surface area (Å²) >= 11 is 0. The van der Waals surface area contributed by atoms with E-state index in [-0.39, 0.29) is 31.3 Å². The van der Waals surface area contributed by atoms with Gasteiger partial charge in [-0.25, -0.2) is 12.8 Å². The molecule has 0 aromatic heterocycles. The summed E-state index contributed by atoms with van der Waals surface area (Å²) in [6, 6.07) is 12.3. The summed E-state index contributed by atoms with van der Waals surface area (Å²) in [6.07, 6.45) is -0.970. The van der Waals surface area contributed by atoms with E-state index < -0.39 is 22.0 Å². The molecule has 2 aromatic carbocycles. The summed E-state index contributed by atoms with van der Waals surface area (Å²) < 4.78 is 50.0. The van der Waals surface area contributed by atoms with Gasteiger partial charge >= 0.3 is 0 Å². The zero-order valence-electron chi connectivity index (χ0n) is 15.3. The zero-order valence-corrected chi connectivity index (χ0v) is 16.1. The van der Waals surface area contributed by atoms with Crippen LogP contribution in [-0.2, 0) is 14.8 Å². The Morgan fingerprint density at radius 3 is 2.68 bits per heavy atom. The smallest absolute Gasteiger partial charge is 0.263 e. The maximum absolute atomic E-state index is 12.9. The van der Waals surface area contributed by atoms with Gasteiger partial charge in [0.15, 0.2) is 6.10 Å². The Hall–Kier alpha value is -2.81. The zero-order chi connectivity index (χ0) is 20.1. The molecule has 1 aliphatic rings. The van der Waals surface area contributed by atoms with Crippen LogP contribution in [0.2, 0.25) is 0 Å². The van der Waals surface area contributed by atoms with Crippen molar-refractivity contribution in [2.75, 3.05) is 29.8 Å². The lowest BCUT2D eigenvalue weighted by molar-refractivity contribution is -0.127. The summed E-state index contributed by atoms with van der Waals surface area (Å²) in [5.41, 5.74) is 0.424. The molecule has 28 heavy (non-hydrogen) atoms. The number of nitrogens with zero attached hydrogens (tertiary/aromatic N) is 1. The highest BCUT2D eigenvalue weighted by Crippen LogP contribution is 2.34. The fraction of sp³-hybridized carbons (Fsp3) is 0.316. The highest BCUT2D eigenvalue weighted by molar-refractivity contribution is 7.92. The van der Waals surface area contributed by atoms with Crippen LogP contribution in [-0.4, -0.2) is 45.9 Å². The van der Waals surface area contributed by atoms with Crippen LogP contribution in [0.4, 0.5) is 10.1 Å². The van der Waals surface area contributed by atoms with E-state index in [1.165, 1.54) is 28.6 Å². The Bertz CT molecular complexity index is 934. The first-order valence-corrected chi connectivity index (χ1v) is 10.4. The third-order valence-corrected chi connectivity index (χ3v) is 5.96. The van der Waals surface area contributed by atoms with Crippen molar-refractivity contribution < 1.29 is 27.1 Å². The fourth-order valence-corrected chi connectivity index (χ4v) is 3.87. The van der Waals surface area contributed by atoms with Gasteiger partial charge in [-0.2, -0.15) is 0 Å². The van der Waals surface area contributed by atoms with Crippen LogP contribution in [0.15, 0.2) is 48.5 Å². The lowest BCUT2D eigenvalue weighted by Gasteiger charge is -2.34. The van der Waals surface area contributed by atoms with Crippen molar-refractivity contribution in [2.24, 2.45) is 0 Å². The Morgan fingerprint density at radius 2 is 1.96 bits per heavy atom. The summed E-state index contributed by atoms with van der Waals surface area (Å²) in [5.74, 6) is -0.0519. The van der Waals surface area contributed by atoms with Gasteiger partial charge in [-0.05, 0) is 43.3 Å². The van der Waals surface area contributed by atoms with Crippen molar-refractivity contribution in [1.82, 2.24) is 5.32 Å². The lowest BCUT2D eigenvalue weighted by atomic mass is 10.2. The summed E-state index contributed by atoms with van der Waals surface area (Å²) in [6.45, 7) is 1.82. The first-order valence-electron chi connectivity index (χ1n) is 8.83.